The van der Waals surface area contributed by atoms with E-state index < -0.39 is 12.1 Å². The minimum Gasteiger partial charge on any atom is -0.478 e. The Balaban J connectivity index is 2.91. The fraction of sp³-hybridized carbons (Fsp3) is 0.333. The Hall–Kier alpha value is -1.14. The lowest BCUT2D eigenvalue weighted by Crippen LogP contribution is -2.18. The highest BCUT2D eigenvalue weighted by atomic mass is 79.9. The third kappa shape index (κ3) is 3.49. The van der Waals surface area contributed by atoms with Gasteiger partial charge in [0.25, 0.3) is 0 Å². The number of nitrogens with one attached hydrogen (secondary N) is 1. The minimum atomic E-state index is -1.06. The molecule has 0 saturated heterocycles. The number of halogens is 1. The number of pyridine rings is 1. The number of carboxylic acid groups (broad SMARTS) is 1. The summed E-state index contributed by atoms with van der Waals surface area (Å²) in [6.45, 7) is 1.86. The molecule has 1 atom stereocenters. The quantitative estimate of drug-likeness (QED) is 0.772. The van der Waals surface area contributed by atoms with Gasteiger partial charge in [-0.05, 0) is 28.9 Å². The number of anilines is 1. The van der Waals surface area contributed by atoms with Gasteiger partial charge in [0, 0.05) is 17.2 Å². The molecule has 0 aliphatic heterocycles. The van der Waals surface area contributed by atoms with Gasteiger partial charge >= 0.3 is 5.97 Å². The Morgan fingerprint density at radius 3 is 2.93 bits per heavy atom. The third-order valence-corrected chi connectivity index (χ3v) is 2.08. The second kappa shape index (κ2) is 5.09. The summed E-state index contributed by atoms with van der Waals surface area (Å²) in [7, 11) is 0. The Kier molecular flexibility index (Phi) is 4.05. The number of aromatic carboxylic acids is 1. The Labute approximate surface area is 95.3 Å². The molecular weight excluding hydrogens is 264 g/mol. The van der Waals surface area contributed by atoms with Crippen LogP contribution < -0.4 is 5.32 Å². The van der Waals surface area contributed by atoms with E-state index in [0.717, 1.165) is 0 Å². The van der Waals surface area contributed by atoms with Gasteiger partial charge in [-0.3, -0.25) is 0 Å². The molecule has 3 N–H and O–H groups in total. The van der Waals surface area contributed by atoms with Crippen molar-refractivity contribution in [2.24, 2.45) is 0 Å². The van der Waals surface area contributed by atoms with Crippen molar-refractivity contribution in [2.75, 3.05) is 11.9 Å². The molecule has 1 rings (SSSR count). The minimum absolute atomic E-state index is 0.0741. The van der Waals surface area contributed by atoms with Gasteiger partial charge < -0.3 is 15.5 Å². The normalized spacial score (nSPS) is 12.2. The highest BCUT2D eigenvalue weighted by Gasteiger charge is 2.12. The van der Waals surface area contributed by atoms with Crippen molar-refractivity contribution in [3.8, 4) is 0 Å². The highest BCUT2D eigenvalue weighted by molar-refractivity contribution is 9.10. The maximum Gasteiger partial charge on any atom is 0.339 e. The van der Waals surface area contributed by atoms with Crippen LogP contribution in [0.1, 0.15) is 17.3 Å². The fourth-order valence-corrected chi connectivity index (χ4v) is 1.32. The summed E-state index contributed by atoms with van der Waals surface area (Å²) < 4.78 is 0.600. The van der Waals surface area contributed by atoms with Gasteiger partial charge in [0.1, 0.15) is 11.4 Å². The van der Waals surface area contributed by atoms with Crippen molar-refractivity contribution in [1.82, 2.24) is 4.98 Å². The van der Waals surface area contributed by atoms with E-state index >= 15 is 0 Å². The smallest absolute Gasteiger partial charge is 0.339 e. The molecule has 1 aromatic rings. The van der Waals surface area contributed by atoms with E-state index in [2.05, 4.69) is 26.2 Å². The van der Waals surface area contributed by atoms with E-state index in [-0.39, 0.29) is 17.9 Å². The SMILES string of the molecule is CC(O)CNc1ncc(Br)cc1C(=O)O. The molecule has 0 aliphatic carbocycles. The molecule has 0 aliphatic rings. The van der Waals surface area contributed by atoms with Crippen LogP contribution in [0, 0.1) is 0 Å². The first-order chi connectivity index (χ1) is 7.00. The summed E-state index contributed by atoms with van der Waals surface area (Å²) in [6, 6.07) is 1.46. The maximum absolute atomic E-state index is 10.9. The van der Waals surface area contributed by atoms with Gasteiger partial charge in [-0.2, -0.15) is 0 Å². The van der Waals surface area contributed by atoms with E-state index in [9.17, 15) is 4.79 Å². The first-order valence-corrected chi connectivity index (χ1v) is 5.10. The van der Waals surface area contributed by atoms with Gasteiger partial charge in [0.2, 0.25) is 0 Å². The van der Waals surface area contributed by atoms with E-state index in [0.29, 0.717) is 4.47 Å². The largest absolute Gasteiger partial charge is 0.478 e. The summed E-state index contributed by atoms with van der Waals surface area (Å²) in [5.74, 6) is -0.802. The molecule has 5 nitrogen and oxygen atoms in total. The van der Waals surface area contributed by atoms with E-state index in [1.807, 2.05) is 0 Å². The molecule has 0 amide bonds. The molecule has 1 aromatic heterocycles. The summed E-state index contributed by atoms with van der Waals surface area (Å²) >= 11 is 3.14. The predicted octanol–water partition coefficient (Wildman–Crippen LogP) is 1.33. The molecule has 6 heteroatoms. The number of aliphatic hydroxyl groups is 1. The van der Waals surface area contributed by atoms with Gasteiger partial charge in [-0.1, -0.05) is 0 Å². The molecule has 0 radical (unpaired) electrons. The highest BCUT2D eigenvalue weighted by Crippen LogP contribution is 2.17. The molecule has 0 saturated carbocycles. The molecule has 82 valence electrons. The fourth-order valence-electron chi connectivity index (χ4n) is 0.988. The Morgan fingerprint density at radius 2 is 2.40 bits per heavy atom. The molecule has 0 aromatic carbocycles. The number of hydrogen-bond donors (Lipinski definition) is 3. The number of carboxylic acids is 1. The first-order valence-electron chi connectivity index (χ1n) is 4.31. The molecule has 0 bridgehead atoms. The van der Waals surface area contributed by atoms with Crippen LogP contribution >= 0.6 is 15.9 Å². The van der Waals surface area contributed by atoms with Crippen molar-refractivity contribution in [3.63, 3.8) is 0 Å². The van der Waals surface area contributed by atoms with Crippen LogP contribution in [0.15, 0.2) is 16.7 Å². The van der Waals surface area contributed by atoms with Crippen molar-refractivity contribution >= 4 is 27.7 Å². The number of aromatic nitrogens is 1. The van der Waals surface area contributed by atoms with Crippen molar-refractivity contribution in [1.29, 1.82) is 0 Å². The average molecular weight is 275 g/mol. The molecule has 1 heterocycles. The van der Waals surface area contributed by atoms with Crippen molar-refractivity contribution in [3.05, 3.63) is 22.3 Å². The number of hydrogen-bond acceptors (Lipinski definition) is 4. The maximum atomic E-state index is 10.9. The predicted molar refractivity (Wildman–Crippen MR) is 59.1 cm³/mol. The van der Waals surface area contributed by atoms with Crippen molar-refractivity contribution < 1.29 is 15.0 Å². The summed E-state index contributed by atoms with van der Waals surface area (Å²) in [4.78, 5) is 14.8. The molecular formula is C9H11BrN2O3. The molecule has 0 fully saturated rings. The Morgan fingerprint density at radius 1 is 1.73 bits per heavy atom. The van der Waals surface area contributed by atoms with Crippen molar-refractivity contribution in [2.45, 2.75) is 13.0 Å². The van der Waals surface area contributed by atoms with Crippen LogP contribution in [0.3, 0.4) is 0 Å². The van der Waals surface area contributed by atoms with Gasteiger partial charge in [-0.15, -0.1) is 0 Å². The van der Waals surface area contributed by atoms with Crippen LogP contribution in [-0.2, 0) is 0 Å². The van der Waals surface area contributed by atoms with Crippen LogP contribution in [-0.4, -0.2) is 33.8 Å². The summed E-state index contributed by atoms with van der Waals surface area (Å²) in [5.41, 5.74) is 0.0741. The summed E-state index contributed by atoms with van der Waals surface area (Å²) in [5, 5.41) is 20.7. The van der Waals surface area contributed by atoms with Crippen LogP contribution in [0.5, 0.6) is 0 Å². The monoisotopic (exact) mass is 274 g/mol. The number of nitrogens with zero attached hydrogens (tertiary/aromatic N) is 1. The lowest BCUT2D eigenvalue weighted by atomic mass is 10.2. The molecule has 0 spiro atoms. The molecule has 1 unspecified atom stereocenters. The van der Waals surface area contributed by atoms with E-state index in [1.54, 1.807) is 6.92 Å². The van der Waals surface area contributed by atoms with Gasteiger partial charge in [0.15, 0.2) is 0 Å². The third-order valence-electron chi connectivity index (χ3n) is 1.65. The van der Waals surface area contributed by atoms with E-state index in [1.165, 1.54) is 12.3 Å². The first kappa shape index (κ1) is 11.9. The second-order valence-corrected chi connectivity index (χ2v) is 4.00. The number of rotatable bonds is 4. The summed E-state index contributed by atoms with van der Waals surface area (Å²) in [6.07, 6.45) is 0.939. The topological polar surface area (TPSA) is 82.5 Å². The van der Waals surface area contributed by atoms with Crippen LogP contribution in [0.4, 0.5) is 5.82 Å². The van der Waals surface area contributed by atoms with Crippen LogP contribution in [0.25, 0.3) is 0 Å². The van der Waals surface area contributed by atoms with E-state index in [4.69, 9.17) is 10.2 Å². The average Bonchev–Trinajstić information content (AvgIpc) is 2.15. The zero-order chi connectivity index (χ0) is 11.4. The van der Waals surface area contributed by atoms with Crippen LogP contribution in [0.2, 0.25) is 0 Å². The molecule has 15 heavy (non-hydrogen) atoms. The number of aliphatic hydroxyl groups excluding tert-OH is 1. The second-order valence-electron chi connectivity index (χ2n) is 3.08. The zero-order valence-electron chi connectivity index (χ0n) is 8.07. The zero-order valence-corrected chi connectivity index (χ0v) is 9.65. The lowest BCUT2D eigenvalue weighted by Gasteiger charge is -2.09. The standard InChI is InChI=1S/C9H11BrN2O3/c1-5(13)3-11-8-7(9(14)15)2-6(10)4-12-8/h2,4-5,13H,3H2,1H3,(H,11,12)(H,14,15). The number of carbonyl (C=O) groups is 1. The lowest BCUT2D eigenvalue weighted by molar-refractivity contribution is 0.0697. The van der Waals surface area contributed by atoms with Gasteiger partial charge in [-0.25, -0.2) is 9.78 Å². The van der Waals surface area contributed by atoms with Gasteiger partial charge in [0.05, 0.1) is 6.10 Å². The Bertz CT molecular complexity index is 368.